The molecule has 3 N–H and O–H groups in total. The van der Waals surface area contributed by atoms with Crippen LogP contribution >= 0.6 is 11.6 Å². The molecule has 0 saturated heterocycles. The Morgan fingerprint density at radius 1 is 1.20 bits per heavy atom. The Hall–Kier alpha value is -3.47. The van der Waals surface area contributed by atoms with E-state index in [1.807, 2.05) is 36.4 Å². The molecule has 0 bridgehead atoms. The van der Waals surface area contributed by atoms with E-state index >= 15 is 0 Å². The van der Waals surface area contributed by atoms with E-state index in [1.165, 1.54) is 0 Å². The monoisotopic (exact) mass is 422 g/mol. The second-order valence-electron chi connectivity index (χ2n) is 6.70. The van der Waals surface area contributed by atoms with Crippen molar-refractivity contribution in [3.63, 3.8) is 0 Å². The van der Waals surface area contributed by atoms with Crippen LogP contribution in [0, 0.1) is 11.3 Å². The number of aromatic amines is 1. The van der Waals surface area contributed by atoms with Crippen LogP contribution in [0.5, 0.6) is 11.6 Å². The predicted molar refractivity (Wildman–Crippen MR) is 111 cm³/mol. The van der Waals surface area contributed by atoms with Gasteiger partial charge in [0, 0.05) is 12.1 Å². The van der Waals surface area contributed by atoms with Crippen molar-refractivity contribution in [2.75, 3.05) is 7.11 Å². The minimum atomic E-state index is -0.457. The van der Waals surface area contributed by atoms with Gasteiger partial charge in [0.15, 0.2) is 0 Å². The number of imidazole rings is 1. The molecule has 2 heterocycles. The van der Waals surface area contributed by atoms with Gasteiger partial charge in [0.1, 0.15) is 36.4 Å². The SMILES string of the molecule is COCc1nc2c([nH]1)C(c1ccccc1COc1ccc(Cl)cc1)C(C#N)=C(N)O2. The molecule has 7 nitrogen and oxygen atoms in total. The van der Waals surface area contributed by atoms with Gasteiger partial charge in [0.25, 0.3) is 0 Å². The van der Waals surface area contributed by atoms with Crippen molar-refractivity contribution < 1.29 is 14.2 Å². The Kier molecular flexibility index (Phi) is 5.61. The number of aromatic nitrogens is 2. The van der Waals surface area contributed by atoms with E-state index in [2.05, 4.69) is 16.0 Å². The maximum Gasteiger partial charge on any atom is 0.243 e. The fourth-order valence-electron chi connectivity index (χ4n) is 3.41. The summed E-state index contributed by atoms with van der Waals surface area (Å²) in [7, 11) is 1.58. The fraction of sp³-hybridized carbons (Fsp3) is 0.182. The van der Waals surface area contributed by atoms with Crippen LogP contribution in [0.15, 0.2) is 60.0 Å². The number of nitrogens with zero attached hydrogens (tertiary/aromatic N) is 2. The van der Waals surface area contributed by atoms with Gasteiger partial charge in [-0.15, -0.1) is 0 Å². The molecule has 1 aliphatic rings. The first-order valence-electron chi connectivity index (χ1n) is 9.22. The number of halogens is 1. The molecule has 3 aromatic rings. The molecule has 30 heavy (non-hydrogen) atoms. The predicted octanol–water partition coefficient (Wildman–Crippen LogP) is 4.01. The Labute approximate surface area is 178 Å². The average Bonchev–Trinajstić information content (AvgIpc) is 3.14. The van der Waals surface area contributed by atoms with E-state index in [-0.39, 0.29) is 12.5 Å². The number of ether oxygens (including phenoxy) is 3. The van der Waals surface area contributed by atoms with Crippen molar-refractivity contribution >= 4 is 11.6 Å². The molecule has 1 aromatic heterocycles. The molecule has 0 amide bonds. The van der Waals surface area contributed by atoms with Gasteiger partial charge in [-0.2, -0.15) is 10.2 Å². The average molecular weight is 423 g/mol. The van der Waals surface area contributed by atoms with Crippen LogP contribution in [0.1, 0.15) is 28.6 Å². The van der Waals surface area contributed by atoms with E-state index in [0.717, 1.165) is 11.1 Å². The lowest BCUT2D eigenvalue weighted by Crippen LogP contribution is -2.22. The van der Waals surface area contributed by atoms with E-state index in [9.17, 15) is 5.26 Å². The van der Waals surface area contributed by atoms with Crippen molar-refractivity contribution in [2.45, 2.75) is 19.1 Å². The molecule has 0 radical (unpaired) electrons. The Balaban J connectivity index is 1.72. The number of hydrogen-bond acceptors (Lipinski definition) is 6. The number of benzene rings is 2. The van der Waals surface area contributed by atoms with Crippen molar-refractivity contribution in [2.24, 2.45) is 5.73 Å². The Morgan fingerprint density at radius 2 is 1.97 bits per heavy atom. The quantitative estimate of drug-likeness (QED) is 0.621. The van der Waals surface area contributed by atoms with Crippen LogP contribution in [0.2, 0.25) is 5.02 Å². The third kappa shape index (κ3) is 3.83. The van der Waals surface area contributed by atoms with Gasteiger partial charge >= 0.3 is 0 Å². The number of rotatable bonds is 6. The van der Waals surface area contributed by atoms with Gasteiger partial charge in [-0.1, -0.05) is 35.9 Å². The summed E-state index contributed by atoms with van der Waals surface area (Å²) < 4.78 is 16.7. The summed E-state index contributed by atoms with van der Waals surface area (Å²) in [5.41, 5.74) is 8.81. The number of nitrogens with two attached hydrogens (primary N) is 1. The number of fused-ring (bicyclic) bond motifs is 1. The maximum atomic E-state index is 9.78. The zero-order valence-corrected chi connectivity index (χ0v) is 16.9. The highest BCUT2D eigenvalue weighted by atomic mass is 35.5. The first kappa shape index (κ1) is 19.8. The van der Waals surface area contributed by atoms with E-state index < -0.39 is 5.92 Å². The molecular weight excluding hydrogens is 404 g/mol. The molecular formula is C22H19ClN4O3. The number of hydrogen-bond donors (Lipinski definition) is 2. The third-order valence-corrected chi connectivity index (χ3v) is 5.02. The smallest absolute Gasteiger partial charge is 0.243 e. The van der Waals surface area contributed by atoms with Gasteiger partial charge < -0.3 is 24.9 Å². The van der Waals surface area contributed by atoms with Crippen molar-refractivity contribution in [3.05, 3.63) is 87.7 Å². The zero-order valence-electron chi connectivity index (χ0n) is 16.2. The summed E-state index contributed by atoms with van der Waals surface area (Å²) in [5.74, 6) is 1.22. The molecule has 0 aliphatic carbocycles. The molecule has 2 aromatic carbocycles. The largest absolute Gasteiger partial charge is 0.489 e. The van der Waals surface area contributed by atoms with Crippen molar-refractivity contribution in [1.82, 2.24) is 9.97 Å². The molecule has 0 spiro atoms. The minimum absolute atomic E-state index is 0.0406. The maximum absolute atomic E-state index is 9.78. The molecule has 1 aliphatic heterocycles. The first-order chi connectivity index (χ1) is 14.6. The summed E-state index contributed by atoms with van der Waals surface area (Å²) in [6.45, 7) is 0.592. The third-order valence-electron chi connectivity index (χ3n) is 4.77. The molecule has 0 saturated carbocycles. The second kappa shape index (κ2) is 8.49. The molecule has 8 heteroatoms. The van der Waals surface area contributed by atoms with Crippen LogP contribution < -0.4 is 15.2 Å². The van der Waals surface area contributed by atoms with Gasteiger partial charge in [-0.3, -0.25) is 0 Å². The number of methoxy groups -OCH3 is 1. The van der Waals surface area contributed by atoms with E-state index in [0.29, 0.717) is 40.4 Å². The topological polar surface area (TPSA) is 106 Å². The number of nitrogens with one attached hydrogen (secondary N) is 1. The van der Waals surface area contributed by atoms with Crippen LogP contribution in [-0.2, 0) is 18.0 Å². The van der Waals surface area contributed by atoms with Crippen molar-refractivity contribution in [3.8, 4) is 17.7 Å². The standard InChI is InChI=1S/C22H19ClN4O3/c1-28-12-18-26-20-19(17(10-24)21(25)30-22(20)27-18)16-5-3-2-4-13(16)11-29-15-8-6-14(23)7-9-15/h2-9,19H,11-12,25H2,1H3,(H,26,27). The first-order valence-corrected chi connectivity index (χ1v) is 9.60. The summed E-state index contributed by atoms with van der Waals surface area (Å²) in [5, 5.41) is 10.4. The number of H-pyrrole nitrogens is 1. The number of nitriles is 1. The highest BCUT2D eigenvalue weighted by Crippen LogP contribution is 2.42. The van der Waals surface area contributed by atoms with Crippen LogP contribution in [-0.4, -0.2) is 17.1 Å². The summed E-state index contributed by atoms with van der Waals surface area (Å²) in [6, 6.07) is 17.1. The summed E-state index contributed by atoms with van der Waals surface area (Å²) in [6.07, 6.45) is 0. The molecule has 1 unspecified atom stereocenters. The summed E-state index contributed by atoms with van der Waals surface area (Å²) >= 11 is 5.94. The number of allylic oxidation sites excluding steroid dienone is 1. The minimum Gasteiger partial charge on any atom is -0.489 e. The molecule has 4 rings (SSSR count). The molecule has 1 atom stereocenters. The fourth-order valence-corrected chi connectivity index (χ4v) is 3.54. The van der Waals surface area contributed by atoms with Crippen molar-refractivity contribution in [1.29, 1.82) is 5.26 Å². The lowest BCUT2D eigenvalue weighted by atomic mass is 9.85. The summed E-state index contributed by atoms with van der Waals surface area (Å²) in [4.78, 5) is 7.61. The van der Waals surface area contributed by atoms with Gasteiger partial charge in [-0.05, 0) is 35.4 Å². The normalized spacial score (nSPS) is 15.3. The second-order valence-corrected chi connectivity index (χ2v) is 7.14. The van der Waals surface area contributed by atoms with Crippen LogP contribution in [0.25, 0.3) is 0 Å². The Morgan fingerprint density at radius 3 is 2.70 bits per heavy atom. The molecule has 152 valence electrons. The van der Waals surface area contributed by atoms with Gasteiger partial charge in [0.05, 0.1) is 11.6 Å². The van der Waals surface area contributed by atoms with E-state index in [1.54, 1.807) is 19.2 Å². The lowest BCUT2D eigenvalue weighted by Gasteiger charge is -2.24. The zero-order chi connectivity index (χ0) is 21.1. The highest BCUT2D eigenvalue weighted by Gasteiger charge is 2.34. The highest BCUT2D eigenvalue weighted by molar-refractivity contribution is 6.30. The van der Waals surface area contributed by atoms with Crippen LogP contribution in [0.4, 0.5) is 0 Å². The van der Waals surface area contributed by atoms with Gasteiger partial charge in [-0.25, -0.2) is 0 Å². The van der Waals surface area contributed by atoms with Crippen LogP contribution in [0.3, 0.4) is 0 Å². The Bertz CT molecular complexity index is 1130. The lowest BCUT2D eigenvalue weighted by molar-refractivity contribution is 0.178. The van der Waals surface area contributed by atoms with E-state index in [4.69, 9.17) is 31.5 Å². The van der Waals surface area contributed by atoms with Gasteiger partial charge in [0.2, 0.25) is 11.8 Å². The molecule has 0 fully saturated rings.